The lowest BCUT2D eigenvalue weighted by Gasteiger charge is -2.15. The van der Waals surface area contributed by atoms with E-state index in [9.17, 15) is 22.8 Å². The second-order valence-corrected chi connectivity index (χ2v) is 9.60. The quantitative estimate of drug-likeness (QED) is 0.251. The van der Waals surface area contributed by atoms with Gasteiger partial charge in [-0.25, -0.2) is 0 Å². The Kier molecular flexibility index (Phi) is 8.38. The molecule has 1 heterocycles. The summed E-state index contributed by atoms with van der Waals surface area (Å²) in [6.07, 6.45) is -2.80. The molecule has 0 aliphatic carbocycles. The number of halogens is 3. The molecule has 0 radical (unpaired) electrons. The summed E-state index contributed by atoms with van der Waals surface area (Å²) < 4.78 is 49.8. The van der Waals surface area contributed by atoms with Crippen LogP contribution in [0.25, 0.3) is 6.08 Å². The van der Waals surface area contributed by atoms with Gasteiger partial charge in [-0.15, -0.1) is 0 Å². The van der Waals surface area contributed by atoms with Gasteiger partial charge in [0.05, 0.1) is 22.8 Å². The molecule has 0 saturated carbocycles. The van der Waals surface area contributed by atoms with Gasteiger partial charge in [-0.2, -0.15) is 13.2 Å². The maximum Gasteiger partial charge on any atom is 0.416 e. The monoisotopic (exact) mass is 558 g/mol. The Hall–Kier alpha value is -3.83. The molecule has 2 amide bonds. The van der Waals surface area contributed by atoms with E-state index in [0.29, 0.717) is 33.0 Å². The summed E-state index contributed by atoms with van der Waals surface area (Å²) in [7, 11) is 0. The summed E-state index contributed by atoms with van der Waals surface area (Å²) in [5, 5.41) is 2.38. The van der Waals surface area contributed by atoms with Gasteiger partial charge in [0.15, 0.2) is 10.9 Å². The highest BCUT2D eigenvalue weighted by Crippen LogP contribution is 2.36. The van der Waals surface area contributed by atoms with Gasteiger partial charge in [0.25, 0.3) is 11.8 Å². The van der Waals surface area contributed by atoms with E-state index in [1.807, 2.05) is 6.92 Å². The van der Waals surface area contributed by atoms with Gasteiger partial charge in [-0.05, 0) is 73.2 Å². The van der Waals surface area contributed by atoms with Crippen LogP contribution in [0.3, 0.4) is 0 Å². The fourth-order valence-electron chi connectivity index (χ4n) is 3.48. The minimum absolute atomic E-state index is 0.0197. The second kappa shape index (κ2) is 11.7. The van der Waals surface area contributed by atoms with E-state index in [0.717, 1.165) is 17.7 Å². The molecule has 196 valence electrons. The number of thiocarbonyl (C=S) groups is 1. The number of hydrogen-bond donors (Lipinski definition) is 1. The smallest absolute Gasteiger partial charge is 0.416 e. The van der Waals surface area contributed by atoms with E-state index in [-0.39, 0.29) is 11.6 Å². The largest absolute Gasteiger partial charge is 0.494 e. The maximum absolute atomic E-state index is 13.0. The van der Waals surface area contributed by atoms with Crippen LogP contribution in [0.5, 0.6) is 11.5 Å². The number of nitrogens with one attached hydrogen (secondary N) is 1. The first kappa shape index (κ1) is 27.2. The van der Waals surface area contributed by atoms with E-state index >= 15 is 0 Å². The van der Waals surface area contributed by atoms with Crippen molar-refractivity contribution in [2.24, 2.45) is 0 Å². The summed E-state index contributed by atoms with van der Waals surface area (Å²) in [6, 6.07) is 18.1. The lowest BCUT2D eigenvalue weighted by atomic mass is 10.2. The Bertz CT molecular complexity index is 1370. The number of benzene rings is 3. The van der Waals surface area contributed by atoms with Gasteiger partial charge in [0.2, 0.25) is 0 Å². The van der Waals surface area contributed by atoms with Gasteiger partial charge in [0, 0.05) is 5.69 Å². The van der Waals surface area contributed by atoms with Crippen molar-refractivity contribution in [2.45, 2.75) is 13.1 Å². The Morgan fingerprint density at radius 2 is 1.68 bits per heavy atom. The molecular weight excluding hydrogens is 537 g/mol. The molecule has 0 spiro atoms. The molecule has 0 atom stereocenters. The molecule has 1 aliphatic rings. The maximum atomic E-state index is 13.0. The van der Waals surface area contributed by atoms with Crippen LogP contribution in [0.2, 0.25) is 0 Å². The van der Waals surface area contributed by atoms with E-state index in [1.165, 1.54) is 28.8 Å². The van der Waals surface area contributed by atoms with Gasteiger partial charge < -0.3 is 14.8 Å². The summed E-state index contributed by atoms with van der Waals surface area (Å²) in [4.78, 5) is 27.0. The Morgan fingerprint density at radius 1 is 1.03 bits per heavy atom. The zero-order chi connectivity index (χ0) is 27.3. The van der Waals surface area contributed by atoms with E-state index < -0.39 is 24.3 Å². The molecule has 3 aromatic carbocycles. The predicted molar refractivity (Wildman–Crippen MR) is 145 cm³/mol. The third-order valence-corrected chi connectivity index (χ3v) is 6.52. The van der Waals surface area contributed by atoms with Crippen molar-refractivity contribution in [3.63, 3.8) is 0 Å². The molecule has 1 N–H and O–H groups in total. The number of alkyl halides is 3. The van der Waals surface area contributed by atoms with Crippen molar-refractivity contribution >= 4 is 57.6 Å². The Morgan fingerprint density at radius 3 is 2.34 bits per heavy atom. The minimum Gasteiger partial charge on any atom is -0.494 e. The number of nitrogens with zero attached hydrogens (tertiary/aromatic N) is 1. The highest BCUT2D eigenvalue weighted by molar-refractivity contribution is 8.27. The normalized spacial score (nSPS) is 14.6. The fourth-order valence-corrected chi connectivity index (χ4v) is 4.78. The number of carbonyl (C=O) groups is 2. The number of thioether (sulfide) groups is 1. The first-order chi connectivity index (χ1) is 18.1. The molecule has 38 heavy (non-hydrogen) atoms. The summed E-state index contributed by atoms with van der Waals surface area (Å²) in [5.74, 6) is 0.234. The zero-order valence-corrected chi connectivity index (χ0v) is 21.6. The van der Waals surface area contributed by atoms with Crippen LogP contribution in [0.15, 0.2) is 77.7 Å². The summed E-state index contributed by atoms with van der Waals surface area (Å²) in [5.41, 5.74) is 0.527. The van der Waals surface area contributed by atoms with E-state index in [1.54, 1.807) is 54.6 Å². The SMILES string of the molecule is CCOc1ccc(N2C(=O)/C(=C/c3ccc(OCC(=O)Nc4cccc(C(F)(F)F)c4)cc3)SC2=S)cc1. The van der Waals surface area contributed by atoms with Gasteiger partial charge >= 0.3 is 6.18 Å². The minimum atomic E-state index is -4.51. The Labute approximate surface area is 226 Å². The number of anilines is 2. The van der Waals surface area contributed by atoms with Crippen molar-refractivity contribution in [3.05, 3.63) is 88.8 Å². The third kappa shape index (κ3) is 6.73. The van der Waals surface area contributed by atoms with Crippen molar-refractivity contribution < 1.29 is 32.2 Å². The molecule has 11 heteroatoms. The lowest BCUT2D eigenvalue weighted by Crippen LogP contribution is -2.27. The summed E-state index contributed by atoms with van der Waals surface area (Å²) >= 11 is 6.60. The first-order valence-corrected chi connectivity index (χ1v) is 12.6. The summed E-state index contributed by atoms with van der Waals surface area (Å²) in [6.45, 7) is 2.04. The predicted octanol–water partition coefficient (Wildman–Crippen LogP) is 6.53. The zero-order valence-electron chi connectivity index (χ0n) is 20.0. The van der Waals surface area contributed by atoms with Crippen LogP contribution < -0.4 is 19.7 Å². The number of rotatable bonds is 8. The number of hydrogen-bond acceptors (Lipinski definition) is 6. The molecule has 1 aliphatic heterocycles. The standard InChI is InChI=1S/C27H21F3N2O4S2/c1-2-35-21-12-8-20(9-13-21)32-25(34)23(38-26(32)37)14-17-6-10-22(11-7-17)36-16-24(33)31-19-5-3-4-18(15-19)27(28,29)30/h3-15H,2,16H2,1H3,(H,31,33)/b23-14-. The van der Waals surface area contributed by atoms with Crippen molar-refractivity contribution in [1.29, 1.82) is 0 Å². The fraction of sp³-hybridized carbons (Fsp3) is 0.148. The number of carbonyl (C=O) groups excluding carboxylic acids is 2. The van der Waals surface area contributed by atoms with Crippen LogP contribution in [-0.4, -0.2) is 29.3 Å². The number of amides is 2. The Balaban J connectivity index is 1.35. The topological polar surface area (TPSA) is 67.9 Å². The van der Waals surface area contributed by atoms with Gasteiger partial charge in [-0.3, -0.25) is 14.5 Å². The second-order valence-electron chi connectivity index (χ2n) is 7.93. The number of ether oxygens (including phenoxy) is 2. The van der Waals surface area contributed by atoms with Crippen LogP contribution in [0.4, 0.5) is 24.5 Å². The first-order valence-electron chi connectivity index (χ1n) is 11.3. The van der Waals surface area contributed by atoms with Crippen molar-refractivity contribution in [1.82, 2.24) is 0 Å². The van der Waals surface area contributed by atoms with Crippen molar-refractivity contribution in [2.75, 3.05) is 23.4 Å². The third-order valence-electron chi connectivity index (χ3n) is 5.22. The highest BCUT2D eigenvalue weighted by Gasteiger charge is 2.33. The molecular formula is C27H21F3N2O4S2. The molecule has 0 unspecified atom stereocenters. The van der Waals surface area contributed by atoms with E-state index in [4.69, 9.17) is 21.7 Å². The average Bonchev–Trinajstić information content (AvgIpc) is 3.16. The van der Waals surface area contributed by atoms with Crippen LogP contribution in [0, 0.1) is 0 Å². The lowest BCUT2D eigenvalue weighted by molar-refractivity contribution is -0.137. The molecule has 3 aromatic rings. The molecule has 0 aromatic heterocycles. The van der Waals surface area contributed by atoms with Crippen LogP contribution in [0.1, 0.15) is 18.1 Å². The average molecular weight is 559 g/mol. The molecule has 0 bridgehead atoms. The van der Waals surface area contributed by atoms with Gasteiger partial charge in [-0.1, -0.05) is 42.2 Å². The molecule has 1 fully saturated rings. The van der Waals surface area contributed by atoms with Crippen molar-refractivity contribution in [3.8, 4) is 11.5 Å². The van der Waals surface area contributed by atoms with Crippen LogP contribution in [-0.2, 0) is 15.8 Å². The molecule has 6 nitrogen and oxygen atoms in total. The van der Waals surface area contributed by atoms with Crippen LogP contribution >= 0.6 is 24.0 Å². The molecule has 4 rings (SSSR count). The highest BCUT2D eigenvalue weighted by atomic mass is 32.2. The van der Waals surface area contributed by atoms with E-state index in [2.05, 4.69) is 5.32 Å². The van der Waals surface area contributed by atoms with Gasteiger partial charge in [0.1, 0.15) is 11.5 Å². The molecule has 1 saturated heterocycles.